The molecule has 1 atom stereocenters. The molecule has 1 aliphatic heterocycles. The molecular weight excluding hydrogens is 214 g/mol. The Kier molecular flexibility index (Phi) is 4.53. The van der Waals surface area contributed by atoms with E-state index in [1.54, 1.807) is 6.20 Å². The van der Waals surface area contributed by atoms with E-state index in [0.29, 0.717) is 6.04 Å². The molecule has 2 heterocycles. The van der Waals surface area contributed by atoms with Crippen LogP contribution in [0.2, 0.25) is 0 Å². The van der Waals surface area contributed by atoms with Crippen LogP contribution in [-0.4, -0.2) is 66.3 Å². The molecule has 5 nitrogen and oxygen atoms in total. The van der Waals surface area contributed by atoms with Gasteiger partial charge in [-0.05, 0) is 20.0 Å². The van der Waals surface area contributed by atoms with Crippen molar-refractivity contribution >= 4 is 0 Å². The third-order valence-corrected chi connectivity index (χ3v) is 3.46. The van der Waals surface area contributed by atoms with E-state index in [-0.39, 0.29) is 0 Å². The minimum atomic E-state index is 0.352. The van der Waals surface area contributed by atoms with Gasteiger partial charge in [0, 0.05) is 51.5 Å². The Balaban J connectivity index is 1.63. The molecule has 1 aromatic heterocycles. The fourth-order valence-electron chi connectivity index (χ4n) is 2.13. The number of aromatic amines is 1. The number of hydrogen-bond acceptors (Lipinski definition) is 4. The van der Waals surface area contributed by atoms with E-state index in [9.17, 15) is 0 Å². The van der Waals surface area contributed by atoms with Crippen LogP contribution in [0.5, 0.6) is 0 Å². The maximum Gasteiger partial charge on any atom is 0.0518 e. The molecule has 0 aliphatic carbocycles. The van der Waals surface area contributed by atoms with Crippen LogP contribution in [0.1, 0.15) is 18.7 Å². The van der Waals surface area contributed by atoms with Gasteiger partial charge in [0.25, 0.3) is 0 Å². The first-order chi connectivity index (χ1) is 8.25. The molecule has 1 fully saturated rings. The average molecular weight is 237 g/mol. The zero-order valence-electron chi connectivity index (χ0n) is 10.8. The van der Waals surface area contributed by atoms with E-state index < -0.39 is 0 Å². The molecule has 0 bridgehead atoms. The highest BCUT2D eigenvalue weighted by Crippen LogP contribution is 2.06. The molecule has 0 spiro atoms. The van der Waals surface area contributed by atoms with E-state index in [0.717, 1.165) is 18.8 Å². The highest BCUT2D eigenvalue weighted by atomic mass is 15.2. The van der Waals surface area contributed by atoms with Crippen molar-refractivity contribution in [3.05, 3.63) is 18.0 Å². The van der Waals surface area contributed by atoms with Gasteiger partial charge in [0.05, 0.1) is 5.69 Å². The number of likely N-dealkylation sites (N-methyl/N-ethyl adjacent to an activating group) is 1. The van der Waals surface area contributed by atoms with Gasteiger partial charge in [-0.1, -0.05) is 0 Å². The Labute approximate surface area is 103 Å². The summed E-state index contributed by atoms with van der Waals surface area (Å²) < 4.78 is 0. The zero-order chi connectivity index (χ0) is 12.1. The molecule has 2 N–H and O–H groups in total. The van der Waals surface area contributed by atoms with Gasteiger partial charge in [-0.15, -0.1) is 0 Å². The summed E-state index contributed by atoms with van der Waals surface area (Å²) in [6, 6.07) is 2.37. The Morgan fingerprint density at radius 2 is 2.18 bits per heavy atom. The predicted octanol–water partition coefficient (Wildman–Crippen LogP) is 0.308. The molecular formula is C12H23N5. The monoisotopic (exact) mass is 237 g/mol. The molecule has 0 amide bonds. The van der Waals surface area contributed by atoms with Crippen LogP contribution in [0.3, 0.4) is 0 Å². The van der Waals surface area contributed by atoms with Crippen molar-refractivity contribution in [1.29, 1.82) is 0 Å². The minimum Gasteiger partial charge on any atom is -0.308 e. The van der Waals surface area contributed by atoms with Crippen molar-refractivity contribution in [2.75, 3.05) is 46.3 Å². The summed E-state index contributed by atoms with van der Waals surface area (Å²) in [5.41, 5.74) is 1.16. The quantitative estimate of drug-likeness (QED) is 0.774. The van der Waals surface area contributed by atoms with Gasteiger partial charge in [-0.2, -0.15) is 5.10 Å². The van der Waals surface area contributed by atoms with Gasteiger partial charge in [0.2, 0.25) is 0 Å². The topological polar surface area (TPSA) is 47.2 Å². The summed E-state index contributed by atoms with van der Waals surface area (Å²) >= 11 is 0. The van der Waals surface area contributed by atoms with E-state index in [1.807, 2.05) is 6.07 Å². The lowest BCUT2D eigenvalue weighted by molar-refractivity contribution is 0.154. The molecule has 5 heteroatoms. The molecule has 0 saturated carbocycles. The van der Waals surface area contributed by atoms with Crippen molar-refractivity contribution in [1.82, 2.24) is 25.3 Å². The number of nitrogens with zero attached hydrogens (tertiary/aromatic N) is 3. The third-order valence-electron chi connectivity index (χ3n) is 3.46. The Morgan fingerprint density at radius 1 is 1.41 bits per heavy atom. The van der Waals surface area contributed by atoms with Crippen LogP contribution in [-0.2, 0) is 0 Å². The molecule has 2 rings (SSSR count). The fourth-order valence-corrected chi connectivity index (χ4v) is 2.13. The molecule has 0 radical (unpaired) electrons. The van der Waals surface area contributed by atoms with E-state index in [2.05, 4.69) is 39.3 Å². The number of nitrogens with one attached hydrogen (secondary N) is 2. The largest absolute Gasteiger partial charge is 0.308 e. The molecule has 96 valence electrons. The van der Waals surface area contributed by atoms with E-state index in [4.69, 9.17) is 0 Å². The summed E-state index contributed by atoms with van der Waals surface area (Å²) in [7, 11) is 2.19. The van der Waals surface area contributed by atoms with Crippen LogP contribution in [0.25, 0.3) is 0 Å². The zero-order valence-corrected chi connectivity index (χ0v) is 10.8. The van der Waals surface area contributed by atoms with Gasteiger partial charge in [0.1, 0.15) is 0 Å². The maximum absolute atomic E-state index is 3.97. The first kappa shape index (κ1) is 12.5. The predicted molar refractivity (Wildman–Crippen MR) is 68.9 cm³/mol. The number of hydrogen-bond donors (Lipinski definition) is 2. The second-order valence-corrected chi connectivity index (χ2v) is 4.83. The van der Waals surface area contributed by atoms with E-state index >= 15 is 0 Å². The van der Waals surface area contributed by atoms with Gasteiger partial charge in [0.15, 0.2) is 0 Å². The van der Waals surface area contributed by atoms with Gasteiger partial charge >= 0.3 is 0 Å². The number of H-pyrrole nitrogens is 1. The summed E-state index contributed by atoms with van der Waals surface area (Å²) in [6.07, 6.45) is 1.80. The standard InChI is InChI=1S/C12H23N5/c1-11(12-3-4-14-15-12)13-5-6-17-9-7-16(2)8-10-17/h3-4,11,13H,5-10H2,1-2H3,(H,14,15). The highest BCUT2D eigenvalue weighted by molar-refractivity contribution is 5.02. The molecule has 0 aromatic carbocycles. The highest BCUT2D eigenvalue weighted by Gasteiger charge is 2.13. The smallest absolute Gasteiger partial charge is 0.0518 e. The fraction of sp³-hybridized carbons (Fsp3) is 0.750. The van der Waals surface area contributed by atoms with Crippen molar-refractivity contribution < 1.29 is 0 Å². The lowest BCUT2D eigenvalue weighted by atomic mass is 10.2. The summed E-state index contributed by atoms with van der Waals surface area (Å²) in [5, 5.41) is 10.5. The normalized spacial score (nSPS) is 20.6. The molecule has 1 unspecified atom stereocenters. The molecule has 1 aromatic rings. The Morgan fingerprint density at radius 3 is 2.82 bits per heavy atom. The second-order valence-electron chi connectivity index (χ2n) is 4.83. The first-order valence-electron chi connectivity index (χ1n) is 6.39. The summed E-state index contributed by atoms with van der Waals surface area (Å²) in [5.74, 6) is 0. The van der Waals surface area contributed by atoms with Gasteiger partial charge in [-0.3, -0.25) is 10.00 Å². The summed E-state index contributed by atoms with van der Waals surface area (Å²) in [4.78, 5) is 4.91. The SMILES string of the molecule is CC(NCCN1CCN(C)CC1)c1ccn[nH]1. The van der Waals surface area contributed by atoms with Gasteiger partial charge in [-0.25, -0.2) is 0 Å². The number of aromatic nitrogens is 2. The second kappa shape index (κ2) is 6.14. The molecule has 1 saturated heterocycles. The molecule has 17 heavy (non-hydrogen) atoms. The minimum absolute atomic E-state index is 0.352. The van der Waals surface area contributed by atoms with Crippen LogP contribution in [0.15, 0.2) is 12.3 Å². The molecule has 1 aliphatic rings. The Bertz CT molecular complexity index is 303. The van der Waals surface area contributed by atoms with Crippen LogP contribution in [0.4, 0.5) is 0 Å². The first-order valence-corrected chi connectivity index (χ1v) is 6.39. The number of piperazine rings is 1. The maximum atomic E-state index is 3.97. The lowest BCUT2D eigenvalue weighted by Gasteiger charge is -2.32. The number of rotatable bonds is 5. The van der Waals surface area contributed by atoms with Crippen LogP contribution < -0.4 is 5.32 Å². The Hall–Kier alpha value is -0.910. The van der Waals surface area contributed by atoms with E-state index in [1.165, 1.54) is 26.2 Å². The summed E-state index contributed by atoms with van der Waals surface area (Å²) in [6.45, 7) is 9.09. The van der Waals surface area contributed by atoms with Crippen LogP contribution in [0, 0.1) is 0 Å². The average Bonchev–Trinajstić information content (AvgIpc) is 2.85. The van der Waals surface area contributed by atoms with Crippen molar-refractivity contribution in [2.45, 2.75) is 13.0 Å². The van der Waals surface area contributed by atoms with Crippen molar-refractivity contribution in [3.63, 3.8) is 0 Å². The van der Waals surface area contributed by atoms with Crippen molar-refractivity contribution in [2.24, 2.45) is 0 Å². The van der Waals surface area contributed by atoms with Crippen LogP contribution >= 0.6 is 0 Å². The van der Waals surface area contributed by atoms with Crippen molar-refractivity contribution in [3.8, 4) is 0 Å². The lowest BCUT2D eigenvalue weighted by Crippen LogP contribution is -2.46. The third kappa shape index (κ3) is 3.80. The van der Waals surface area contributed by atoms with Gasteiger partial charge < -0.3 is 10.2 Å².